The molecule has 0 bridgehead atoms. The summed E-state index contributed by atoms with van der Waals surface area (Å²) < 4.78 is 42.5. The summed E-state index contributed by atoms with van der Waals surface area (Å²) in [7, 11) is 1.45. The van der Waals surface area contributed by atoms with Crippen LogP contribution in [0.2, 0.25) is 0 Å². The SMILES string of the molecule is CC(c1nnc(-c2cccs2)o1)N(C)CC(O)C(F)(F)F. The molecule has 2 rings (SSSR count). The zero-order chi connectivity index (χ0) is 15.6. The Morgan fingerprint density at radius 1 is 1.43 bits per heavy atom. The highest BCUT2D eigenvalue weighted by Gasteiger charge is 2.39. The van der Waals surface area contributed by atoms with Crippen LogP contribution in [0, 0.1) is 0 Å². The third kappa shape index (κ3) is 3.80. The minimum Gasteiger partial charge on any atom is -0.418 e. The predicted molar refractivity (Wildman–Crippen MR) is 70.7 cm³/mol. The molecule has 2 aromatic rings. The molecule has 1 N–H and O–H groups in total. The molecule has 21 heavy (non-hydrogen) atoms. The fraction of sp³-hybridized carbons (Fsp3) is 0.500. The van der Waals surface area contributed by atoms with Gasteiger partial charge in [0.2, 0.25) is 5.89 Å². The molecule has 0 aromatic carbocycles. The number of thiophene rings is 1. The van der Waals surface area contributed by atoms with Gasteiger partial charge in [-0.05, 0) is 25.4 Å². The molecular weight excluding hydrogens is 307 g/mol. The normalized spacial score (nSPS) is 15.4. The lowest BCUT2D eigenvalue weighted by molar-refractivity contribution is -0.208. The van der Waals surface area contributed by atoms with Gasteiger partial charge in [0, 0.05) is 6.54 Å². The van der Waals surface area contributed by atoms with Gasteiger partial charge in [-0.25, -0.2) is 0 Å². The van der Waals surface area contributed by atoms with Gasteiger partial charge in [-0.15, -0.1) is 21.5 Å². The Bertz CT molecular complexity index is 571. The maximum absolute atomic E-state index is 12.3. The second-order valence-electron chi connectivity index (χ2n) is 4.60. The van der Waals surface area contributed by atoms with Crippen molar-refractivity contribution < 1.29 is 22.7 Å². The van der Waals surface area contributed by atoms with E-state index < -0.39 is 24.9 Å². The number of halogens is 3. The van der Waals surface area contributed by atoms with Gasteiger partial charge in [0.05, 0.1) is 10.9 Å². The van der Waals surface area contributed by atoms with Gasteiger partial charge in [-0.3, -0.25) is 4.90 Å². The number of aliphatic hydroxyl groups is 1. The summed E-state index contributed by atoms with van der Waals surface area (Å²) in [5.41, 5.74) is 0. The van der Waals surface area contributed by atoms with E-state index in [9.17, 15) is 13.2 Å². The van der Waals surface area contributed by atoms with E-state index in [2.05, 4.69) is 10.2 Å². The molecule has 2 atom stereocenters. The lowest BCUT2D eigenvalue weighted by Crippen LogP contribution is -2.40. The average molecular weight is 321 g/mol. The van der Waals surface area contributed by atoms with E-state index in [4.69, 9.17) is 9.52 Å². The van der Waals surface area contributed by atoms with Gasteiger partial charge >= 0.3 is 6.18 Å². The second kappa shape index (κ2) is 6.12. The number of aliphatic hydroxyl groups excluding tert-OH is 1. The summed E-state index contributed by atoms with van der Waals surface area (Å²) >= 11 is 1.42. The lowest BCUT2D eigenvalue weighted by atomic mass is 10.2. The number of likely N-dealkylation sites (N-methyl/N-ethyl adjacent to an activating group) is 1. The van der Waals surface area contributed by atoms with Crippen LogP contribution in [-0.4, -0.2) is 46.1 Å². The Balaban J connectivity index is 2.04. The summed E-state index contributed by atoms with van der Waals surface area (Å²) in [6.45, 7) is 1.07. The maximum Gasteiger partial charge on any atom is 0.415 e. The summed E-state index contributed by atoms with van der Waals surface area (Å²) in [5.74, 6) is 0.534. The molecule has 2 aromatic heterocycles. The van der Waals surface area contributed by atoms with Crippen LogP contribution in [0.3, 0.4) is 0 Å². The fourth-order valence-corrected chi connectivity index (χ4v) is 2.27. The van der Waals surface area contributed by atoms with Crippen LogP contribution in [0.1, 0.15) is 18.9 Å². The molecule has 0 radical (unpaired) electrons. The maximum atomic E-state index is 12.3. The number of rotatable bonds is 5. The van der Waals surface area contributed by atoms with Gasteiger partial charge in [0.25, 0.3) is 5.89 Å². The average Bonchev–Trinajstić information content (AvgIpc) is 3.07. The van der Waals surface area contributed by atoms with E-state index in [-0.39, 0.29) is 5.89 Å². The molecule has 0 saturated carbocycles. The van der Waals surface area contributed by atoms with E-state index in [1.54, 1.807) is 6.92 Å². The first-order valence-electron chi connectivity index (χ1n) is 6.11. The highest BCUT2D eigenvalue weighted by Crippen LogP contribution is 2.27. The standard InChI is InChI=1S/C12H14F3N3O2S/c1-7(18(2)6-9(19)12(13,14)15)10-16-17-11(20-10)8-4-3-5-21-8/h3-5,7,9,19H,6H2,1-2H3. The van der Waals surface area contributed by atoms with Crippen molar-refractivity contribution >= 4 is 11.3 Å². The number of hydrogen-bond acceptors (Lipinski definition) is 6. The van der Waals surface area contributed by atoms with E-state index in [1.807, 2.05) is 17.5 Å². The van der Waals surface area contributed by atoms with Crippen molar-refractivity contribution in [2.45, 2.75) is 25.2 Å². The van der Waals surface area contributed by atoms with Crippen molar-refractivity contribution in [3.05, 3.63) is 23.4 Å². The number of nitrogens with zero attached hydrogens (tertiary/aromatic N) is 3. The Kier molecular flexibility index (Phi) is 4.64. The third-order valence-electron chi connectivity index (χ3n) is 3.03. The van der Waals surface area contributed by atoms with Gasteiger partial charge in [-0.2, -0.15) is 13.2 Å². The Hall–Kier alpha value is -1.45. The summed E-state index contributed by atoms with van der Waals surface area (Å²) in [6, 6.07) is 3.10. The van der Waals surface area contributed by atoms with E-state index in [1.165, 1.54) is 23.3 Å². The molecule has 0 aliphatic rings. The molecule has 0 spiro atoms. The summed E-state index contributed by atoms with van der Waals surface area (Å²) in [4.78, 5) is 2.10. The van der Waals surface area contributed by atoms with Crippen molar-refractivity contribution in [2.75, 3.05) is 13.6 Å². The van der Waals surface area contributed by atoms with Crippen LogP contribution in [0.15, 0.2) is 21.9 Å². The van der Waals surface area contributed by atoms with Crippen LogP contribution in [0.25, 0.3) is 10.8 Å². The predicted octanol–water partition coefficient (Wildman–Crippen LogP) is 2.71. The minimum atomic E-state index is -4.65. The van der Waals surface area contributed by atoms with Crippen molar-refractivity contribution in [2.24, 2.45) is 0 Å². The van der Waals surface area contributed by atoms with Crippen LogP contribution in [0.4, 0.5) is 13.2 Å². The smallest absolute Gasteiger partial charge is 0.415 e. The molecule has 116 valence electrons. The number of alkyl halides is 3. The number of aromatic nitrogens is 2. The molecule has 2 unspecified atom stereocenters. The van der Waals surface area contributed by atoms with Crippen molar-refractivity contribution in [1.29, 1.82) is 0 Å². The largest absolute Gasteiger partial charge is 0.418 e. The summed E-state index contributed by atoms with van der Waals surface area (Å²) in [5, 5.41) is 18.7. The first-order chi connectivity index (χ1) is 9.79. The molecule has 0 amide bonds. The molecule has 0 saturated heterocycles. The molecule has 0 aliphatic heterocycles. The molecule has 0 fully saturated rings. The first kappa shape index (κ1) is 15.9. The van der Waals surface area contributed by atoms with Gasteiger partial charge < -0.3 is 9.52 Å². The molecule has 9 heteroatoms. The fourth-order valence-electron chi connectivity index (χ4n) is 1.63. The number of hydrogen-bond donors (Lipinski definition) is 1. The molecule has 0 aliphatic carbocycles. The molecule has 2 heterocycles. The zero-order valence-corrected chi connectivity index (χ0v) is 12.1. The lowest BCUT2D eigenvalue weighted by Gasteiger charge is -2.25. The Morgan fingerprint density at radius 3 is 2.71 bits per heavy atom. The van der Waals surface area contributed by atoms with Gasteiger partial charge in [-0.1, -0.05) is 6.07 Å². The van der Waals surface area contributed by atoms with Crippen molar-refractivity contribution in [3.63, 3.8) is 0 Å². The monoisotopic (exact) mass is 321 g/mol. The Morgan fingerprint density at radius 2 is 2.14 bits per heavy atom. The Labute approximate surface area is 123 Å². The van der Waals surface area contributed by atoms with Crippen LogP contribution >= 0.6 is 11.3 Å². The third-order valence-corrected chi connectivity index (χ3v) is 3.89. The van der Waals surface area contributed by atoms with Crippen molar-refractivity contribution in [3.8, 4) is 10.8 Å². The first-order valence-corrected chi connectivity index (χ1v) is 6.99. The van der Waals surface area contributed by atoms with E-state index in [0.29, 0.717) is 5.89 Å². The zero-order valence-electron chi connectivity index (χ0n) is 11.3. The minimum absolute atomic E-state index is 0.204. The quantitative estimate of drug-likeness (QED) is 0.917. The summed E-state index contributed by atoms with van der Waals surface area (Å²) in [6.07, 6.45) is -7.06. The van der Waals surface area contributed by atoms with Crippen LogP contribution in [0.5, 0.6) is 0 Å². The van der Waals surface area contributed by atoms with Crippen LogP contribution < -0.4 is 0 Å². The molecule has 5 nitrogen and oxygen atoms in total. The molecular formula is C12H14F3N3O2S. The van der Waals surface area contributed by atoms with E-state index in [0.717, 1.165) is 4.88 Å². The van der Waals surface area contributed by atoms with Crippen molar-refractivity contribution in [1.82, 2.24) is 15.1 Å². The van der Waals surface area contributed by atoms with E-state index >= 15 is 0 Å². The highest BCUT2D eigenvalue weighted by molar-refractivity contribution is 7.13. The highest BCUT2D eigenvalue weighted by atomic mass is 32.1. The van der Waals surface area contributed by atoms with Gasteiger partial charge in [0.1, 0.15) is 0 Å². The van der Waals surface area contributed by atoms with Gasteiger partial charge in [0.15, 0.2) is 6.10 Å². The topological polar surface area (TPSA) is 62.4 Å². The second-order valence-corrected chi connectivity index (χ2v) is 5.54. The van der Waals surface area contributed by atoms with Crippen LogP contribution in [-0.2, 0) is 0 Å².